The van der Waals surface area contributed by atoms with Gasteiger partial charge in [0.25, 0.3) is 0 Å². The third-order valence-corrected chi connectivity index (χ3v) is 11.2. The summed E-state index contributed by atoms with van der Waals surface area (Å²) in [6.07, 6.45) is 0. The lowest BCUT2D eigenvalue weighted by atomic mass is 9.89. The molecular weight excluding hydrogens is 659 g/mol. The van der Waals surface area contributed by atoms with Gasteiger partial charge in [-0.25, -0.2) is 9.97 Å². The van der Waals surface area contributed by atoms with Crippen LogP contribution in [0.5, 0.6) is 0 Å². The van der Waals surface area contributed by atoms with Gasteiger partial charge in [0, 0.05) is 43.3 Å². The highest BCUT2D eigenvalue weighted by Gasteiger charge is 2.27. The lowest BCUT2D eigenvalue weighted by Gasteiger charge is -2.15. The summed E-state index contributed by atoms with van der Waals surface area (Å²) in [5, 5.41) is 12.8. The summed E-state index contributed by atoms with van der Waals surface area (Å²) in [7, 11) is 0. The van der Waals surface area contributed by atoms with Crippen LogP contribution < -0.4 is 0 Å². The maximum absolute atomic E-state index is 7.02. The molecule has 4 nitrogen and oxygen atoms in total. The lowest BCUT2D eigenvalue weighted by Crippen LogP contribution is -2.03. The molecule has 0 aliphatic heterocycles. The number of hydrogen-bond acceptors (Lipinski definition) is 3. The molecule has 12 rings (SSSR count). The number of para-hydroxylation sites is 3. The predicted molar refractivity (Wildman–Crippen MR) is 225 cm³/mol. The Bertz CT molecular complexity index is 3500. The van der Waals surface area contributed by atoms with E-state index in [-0.39, 0.29) is 0 Å². The summed E-state index contributed by atoms with van der Waals surface area (Å²) in [5.41, 5.74) is 8.79. The van der Waals surface area contributed by atoms with Gasteiger partial charge in [0.05, 0.1) is 16.7 Å². The Labute approximate surface area is 309 Å². The molecule has 0 aliphatic rings. The Hall–Kier alpha value is -7.30. The molecule has 0 saturated carbocycles. The fourth-order valence-electron chi connectivity index (χ4n) is 8.90. The van der Waals surface area contributed by atoms with Gasteiger partial charge in [0.1, 0.15) is 11.1 Å². The van der Waals surface area contributed by atoms with Gasteiger partial charge in [-0.2, -0.15) is 0 Å². The van der Waals surface area contributed by atoms with E-state index in [9.17, 15) is 0 Å². The van der Waals surface area contributed by atoms with Crippen LogP contribution in [0.25, 0.3) is 115 Å². The minimum atomic E-state index is 0.603. The van der Waals surface area contributed by atoms with Gasteiger partial charge in [-0.15, -0.1) is 0 Å². The first-order valence-electron chi connectivity index (χ1n) is 18.3. The molecule has 0 fully saturated rings. The van der Waals surface area contributed by atoms with E-state index in [0.29, 0.717) is 5.95 Å². The molecule has 0 radical (unpaired) electrons. The number of rotatable bonds is 3. The van der Waals surface area contributed by atoms with E-state index in [4.69, 9.17) is 14.4 Å². The second-order valence-electron chi connectivity index (χ2n) is 14.1. The number of nitrogens with zero attached hydrogens (tertiary/aromatic N) is 3. The molecule has 3 heterocycles. The Kier molecular flexibility index (Phi) is 6.02. The van der Waals surface area contributed by atoms with Gasteiger partial charge in [-0.05, 0) is 56.9 Å². The molecule has 250 valence electrons. The van der Waals surface area contributed by atoms with Crippen LogP contribution in [0.2, 0.25) is 0 Å². The van der Waals surface area contributed by atoms with Crippen LogP contribution in [0, 0.1) is 0 Å². The highest BCUT2D eigenvalue weighted by atomic mass is 16.3. The third-order valence-electron chi connectivity index (χ3n) is 11.2. The van der Waals surface area contributed by atoms with Crippen molar-refractivity contribution < 1.29 is 4.42 Å². The Morgan fingerprint density at radius 1 is 0.389 bits per heavy atom. The normalized spacial score (nSPS) is 12.1. The van der Waals surface area contributed by atoms with Crippen molar-refractivity contribution in [3.05, 3.63) is 176 Å². The second kappa shape index (κ2) is 11.1. The average Bonchev–Trinajstić information content (AvgIpc) is 3.80. The first kappa shape index (κ1) is 29.3. The van der Waals surface area contributed by atoms with Crippen LogP contribution >= 0.6 is 0 Å². The molecule has 4 heteroatoms. The van der Waals surface area contributed by atoms with Crippen LogP contribution in [0.15, 0.2) is 180 Å². The molecule has 54 heavy (non-hydrogen) atoms. The standard InChI is InChI=1S/C50H29N3O/c1-2-15-30(16-3-1)31-17-14-18-32(29-31)47-37-23-8-11-26-40(37)51-50(52-47)53-41-27-12-9-24-38(41)45-43-35-21-6-4-19-33(35)34-20-5-7-22-36(34)44(43)46-39-25-10-13-28-42(39)54-49(46)48(45)53/h1-29H. The summed E-state index contributed by atoms with van der Waals surface area (Å²) in [6, 6.07) is 62.2. The first-order valence-corrected chi connectivity index (χ1v) is 18.3. The molecule has 0 saturated heterocycles. The van der Waals surface area contributed by atoms with Crippen LogP contribution in [0.3, 0.4) is 0 Å². The fraction of sp³-hybridized carbons (Fsp3) is 0. The van der Waals surface area contributed by atoms with Crippen LogP contribution in [0.1, 0.15) is 0 Å². The van der Waals surface area contributed by atoms with E-state index in [0.717, 1.165) is 71.5 Å². The zero-order valence-corrected chi connectivity index (χ0v) is 29.0. The summed E-state index contributed by atoms with van der Waals surface area (Å²) in [5.74, 6) is 0.603. The van der Waals surface area contributed by atoms with Crippen LogP contribution in [-0.4, -0.2) is 14.5 Å². The van der Waals surface area contributed by atoms with E-state index in [1.54, 1.807) is 0 Å². The minimum absolute atomic E-state index is 0.603. The van der Waals surface area contributed by atoms with E-state index < -0.39 is 0 Å². The van der Waals surface area contributed by atoms with Gasteiger partial charge in [-0.3, -0.25) is 4.57 Å². The van der Waals surface area contributed by atoms with Gasteiger partial charge in [-0.1, -0.05) is 152 Å². The summed E-state index contributed by atoms with van der Waals surface area (Å²) < 4.78 is 9.26. The molecule has 0 amide bonds. The van der Waals surface area contributed by atoms with Crippen molar-refractivity contribution in [3.8, 4) is 28.3 Å². The predicted octanol–water partition coefficient (Wildman–Crippen LogP) is 13.4. The van der Waals surface area contributed by atoms with E-state index >= 15 is 0 Å². The first-order chi connectivity index (χ1) is 26.8. The number of fused-ring (bicyclic) bond motifs is 16. The number of hydrogen-bond donors (Lipinski definition) is 0. The zero-order chi connectivity index (χ0) is 35.3. The van der Waals surface area contributed by atoms with Crippen molar-refractivity contribution in [2.24, 2.45) is 0 Å². The molecule has 0 aliphatic carbocycles. The Morgan fingerprint density at radius 2 is 0.963 bits per heavy atom. The van der Waals surface area contributed by atoms with E-state index in [1.807, 2.05) is 0 Å². The van der Waals surface area contributed by atoms with Crippen molar-refractivity contribution in [2.45, 2.75) is 0 Å². The van der Waals surface area contributed by atoms with Crippen molar-refractivity contribution in [1.82, 2.24) is 14.5 Å². The average molecular weight is 688 g/mol. The number of benzene rings is 9. The molecule has 12 aromatic rings. The van der Waals surface area contributed by atoms with Crippen LogP contribution in [0.4, 0.5) is 0 Å². The molecule has 0 atom stereocenters. The summed E-state index contributed by atoms with van der Waals surface area (Å²) in [6.45, 7) is 0. The van der Waals surface area contributed by atoms with Crippen molar-refractivity contribution in [2.75, 3.05) is 0 Å². The van der Waals surface area contributed by atoms with E-state index in [1.165, 1.54) is 37.9 Å². The van der Waals surface area contributed by atoms with Gasteiger partial charge in [0.2, 0.25) is 5.95 Å². The largest absolute Gasteiger partial charge is 0.454 e. The smallest absolute Gasteiger partial charge is 0.235 e. The lowest BCUT2D eigenvalue weighted by molar-refractivity contribution is 0.671. The molecule has 0 spiro atoms. The topological polar surface area (TPSA) is 43.9 Å². The number of furan rings is 1. The van der Waals surface area contributed by atoms with Gasteiger partial charge in [0.15, 0.2) is 5.58 Å². The van der Waals surface area contributed by atoms with Crippen LogP contribution in [-0.2, 0) is 0 Å². The van der Waals surface area contributed by atoms with Crippen molar-refractivity contribution >= 4 is 87.0 Å². The molecule has 0 bridgehead atoms. The number of aromatic nitrogens is 3. The van der Waals surface area contributed by atoms with Gasteiger partial charge >= 0.3 is 0 Å². The zero-order valence-electron chi connectivity index (χ0n) is 29.0. The maximum Gasteiger partial charge on any atom is 0.235 e. The quantitative estimate of drug-likeness (QED) is 0.174. The highest BCUT2D eigenvalue weighted by Crippen LogP contribution is 2.50. The Balaban J connectivity index is 1.30. The fourth-order valence-corrected chi connectivity index (χ4v) is 8.90. The summed E-state index contributed by atoms with van der Waals surface area (Å²) in [4.78, 5) is 10.9. The van der Waals surface area contributed by atoms with Gasteiger partial charge < -0.3 is 4.42 Å². The monoisotopic (exact) mass is 687 g/mol. The summed E-state index contributed by atoms with van der Waals surface area (Å²) >= 11 is 0. The SMILES string of the molecule is c1ccc(-c2cccc(-c3nc(-n4c5ccccc5c5c6c7ccccc7c7ccccc7c6c6c7ccccc7oc6c54)nc4ccccc34)c2)cc1. The van der Waals surface area contributed by atoms with Crippen molar-refractivity contribution in [1.29, 1.82) is 0 Å². The maximum atomic E-state index is 7.02. The van der Waals surface area contributed by atoms with E-state index in [2.05, 4.69) is 180 Å². The highest BCUT2D eigenvalue weighted by molar-refractivity contribution is 6.44. The molecule has 0 N–H and O–H groups in total. The van der Waals surface area contributed by atoms with Crippen molar-refractivity contribution in [3.63, 3.8) is 0 Å². The minimum Gasteiger partial charge on any atom is -0.454 e. The molecule has 3 aromatic heterocycles. The molecule has 9 aromatic carbocycles. The third kappa shape index (κ3) is 4.02. The molecule has 0 unspecified atom stereocenters. The molecular formula is C50H29N3O. The second-order valence-corrected chi connectivity index (χ2v) is 14.1. The Morgan fingerprint density at radius 3 is 1.74 bits per heavy atom.